The molecule has 0 N–H and O–H groups in total. The lowest BCUT2D eigenvalue weighted by atomic mass is 10.2. The minimum absolute atomic E-state index is 0.0216. The van der Waals surface area contributed by atoms with Crippen molar-refractivity contribution in [3.63, 3.8) is 0 Å². The number of halogens is 2. The lowest BCUT2D eigenvalue weighted by Crippen LogP contribution is -2.43. The lowest BCUT2D eigenvalue weighted by Gasteiger charge is -2.27. The van der Waals surface area contributed by atoms with E-state index < -0.39 is 9.84 Å². The largest absolute Gasteiger partial charge is 0.383 e. The van der Waals surface area contributed by atoms with E-state index >= 15 is 0 Å². The van der Waals surface area contributed by atoms with Gasteiger partial charge in [0.2, 0.25) is 0 Å². The third kappa shape index (κ3) is 4.81. The number of thiazole rings is 1. The van der Waals surface area contributed by atoms with Gasteiger partial charge in [0.15, 0.2) is 9.84 Å². The van der Waals surface area contributed by atoms with Crippen LogP contribution in [0.15, 0.2) is 23.6 Å². The average Bonchev–Trinajstić information content (AvgIpc) is 3.24. The number of hydrogen-bond acceptors (Lipinski definition) is 6. The smallest absolute Gasteiger partial charge is 0.273 e. The molecule has 1 fully saturated rings. The Morgan fingerprint density at radius 2 is 2.15 bits per heavy atom. The first-order chi connectivity index (χ1) is 12.8. The molecule has 0 saturated carbocycles. The first kappa shape index (κ1) is 20.5. The first-order valence-corrected chi connectivity index (χ1v) is 11.7. The molecule has 0 bridgehead atoms. The summed E-state index contributed by atoms with van der Waals surface area (Å²) < 4.78 is 28.7. The first-order valence-electron chi connectivity index (χ1n) is 8.22. The second-order valence-corrected chi connectivity index (χ2v) is 10.1. The Balaban J connectivity index is 1.83. The Morgan fingerprint density at radius 3 is 2.78 bits per heavy atom. The van der Waals surface area contributed by atoms with Crippen LogP contribution < -0.4 is 0 Å². The molecular weight excluding hydrogens is 431 g/mol. The highest BCUT2D eigenvalue weighted by molar-refractivity contribution is 7.91. The molecule has 0 spiro atoms. The molecule has 27 heavy (non-hydrogen) atoms. The number of carbonyl (C=O) groups is 1. The number of aromatic nitrogens is 1. The summed E-state index contributed by atoms with van der Waals surface area (Å²) in [6, 6.07) is 4.81. The molecule has 1 unspecified atom stereocenters. The van der Waals surface area contributed by atoms with E-state index in [9.17, 15) is 13.2 Å². The fourth-order valence-corrected chi connectivity index (χ4v) is 5.76. The van der Waals surface area contributed by atoms with Gasteiger partial charge in [-0.05, 0) is 18.6 Å². The summed E-state index contributed by atoms with van der Waals surface area (Å²) in [6.07, 6.45) is 0.432. The molecule has 0 aliphatic carbocycles. The Hall–Kier alpha value is -1.19. The number of amides is 1. The van der Waals surface area contributed by atoms with Gasteiger partial charge in [0, 0.05) is 30.6 Å². The summed E-state index contributed by atoms with van der Waals surface area (Å²) >= 11 is 13.3. The SMILES string of the molecule is COCCN(C(=O)c1csc(-c2ccc(Cl)c(Cl)c2)n1)C1CCS(=O)(=O)C1. The van der Waals surface area contributed by atoms with Gasteiger partial charge in [-0.25, -0.2) is 13.4 Å². The maximum Gasteiger partial charge on any atom is 0.273 e. The third-order valence-corrected chi connectivity index (χ3v) is 7.72. The van der Waals surface area contributed by atoms with Crippen molar-refractivity contribution in [3.8, 4) is 10.6 Å². The van der Waals surface area contributed by atoms with Gasteiger partial charge in [-0.15, -0.1) is 11.3 Å². The zero-order valence-electron chi connectivity index (χ0n) is 14.5. The lowest BCUT2D eigenvalue weighted by molar-refractivity contribution is 0.0619. The number of sulfone groups is 1. The number of carbonyl (C=O) groups excluding carboxylic acids is 1. The van der Waals surface area contributed by atoms with Gasteiger partial charge >= 0.3 is 0 Å². The van der Waals surface area contributed by atoms with E-state index in [1.54, 1.807) is 35.6 Å². The molecule has 1 aromatic carbocycles. The summed E-state index contributed by atoms with van der Waals surface area (Å²) in [4.78, 5) is 19.0. The van der Waals surface area contributed by atoms with Gasteiger partial charge in [0.05, 0.1) is 28.2 Å². The third-order valence-electron chi connectivity index (χ3n) is 4.34. The van der Waals surface area contributed by atoms with Crippen molar-refractivity contribution < 1.29 is 17.9 Å². The molecule has 10 heteroatoms. The van der Waals surface area contributed by atoms with Gasteiger partial charge < -0.3 is 9.64 Å². The summed E-state index contributed by atoms with van der Waals surface area (Å²) in [5.74, 6) is -0.219. The zero-order valence-corrected chi connectivity index (χ0v) is 17.7. The molecule has 6 nitrogen and oxygen atoms in total. The van der Waals surface area contributed by atoms with E-state index in [0.717, 1.165) is 5.56 Å². The molecule has 2 aromatic rings. The van der Waals surface area contributed by atoms with Crippen LogP contribution in [0.1, 0.15) is 16.9 Å². The van der Waals surface area contributed by atoms with Crippen molar-refractivity contribution in [2.45, 2.75) is 12.5 Å². The topological polar surface area (TPSA) is 76.6 Å². The standard InChI is InChI=1S/C17H18Cl2N2O4S2/c1-25-6-5-21(12-4-7-27(23,24)10-12)17(22)15-9-26-16(20-15)11-2-3-13(18)14(19)8-11/h2-3,8-9,12H,4-7,10H2,1H3. The van der Waals surface area contributed by atoms with E-state index in [2.05, 4.69) is 4.98 Å². The Morgan fingerprint density at radius 1 is 1.37 bits per heavy atom. The summed E-state index contributed by atoms with van der Waals surface area (Å²) in [5, 5.41) is 3.17. The minimum Gasteiger partial charge on any atom is -0.383 e. The molecule has 1 amide bonds. The van der Waals surface area contributed by atoms with Crippen molar-refractivity contribution in [2.24, 2.45) is 0 Å². The highest BCUT2D eigenvalue weighted by Gasteiger charge is 2.35. The Labute approximate surface area is 172 Å². The van der Waals surface area contributed by atoms with Crippen LogP contribution in [0.4, 0.5) is 0 Å². The fourth-order valence-electron chi connectivity index (χ4n) is 2.94. The maximum absolute atomic E-state index is 13.0. The van der Waals surface area contributed by atoms with Crippen LogP contribution in [0.3, 0.4) is 0 Å². The van der Waals surface area contributed by atoms with E-state index in [-0.39, 0.29) is 29.1 Å². The number of nitrogens with zero attached hydrogens (tertiary/aromatic N) is 2. The van der Waals surface area contributed by atoms with Crippen LogP contribution in [0.25, 0.3) is 10.6 Å². The number of benzene rings is 1. The number of methoxy groups -OCH3 is 1. The second-order valence-electron chi connectivity index (χ2n) is 6.21. The highest BCUT2D eigenvalue weighted by atomic mass is 35.5. The average molecular weight is 449 g/mol. The predicted molar refractivity (Wildman–Crippen MR) is 108 cm³/mol. The molecule has 1 saturated heterocycles. The van der Waals surface area contributed by atoms with E-state index in [0.29, 0.717) is 34.6 Å². The number of rotatable bonds is 6. The van der Waals surface area contributed by atoms with Crippen LogP contribution in [-0.4, -0.2) is 62.0 Å². The van der Waals surface area contributed by atoms with Crippen molar-refractivity contribution in [1.82, 2.24) is 9.88 Å². The second kappa shape index (κ2) is 8.45. The number of ether oxygens (including phenoxy) is 1. The molecule has 1 atom stereocenters. The maximum atomic E-state index is 13.0. The molecule has 1 aromatic heterocycles. The van der Waals surface area contributed by atoms with Crippen molar-refractivity contribution in [3.05, 3.63) is 39.3 Å². The molecule has 1 aliphatic rings. The van der Waals surface area contributed by atoms with Crippen LogP contribution in [0.2, 0.25) is 10.0 Å². The van der Waals surface area contributed by atoms with Crippen LogP contribution in [-0.2, 0) is 14.6 Å². The molecular formula is C17H18Cl2N2O4S2. The van der Waals surface area contributed by atoms with Crippen LogP contribution >= 0.6 is 34.5 Å². The summed E-state index contributed by atoms with van der Waals surface area (Å²) in [6.45, 7) is 0.640. The highest BCUT2D eigenvalue weighted by Crippen LogP contribution is 2.31. The van der Waals surface area contributed by atoms with Gasteiger partial charge in [-0.2, -0.15) is 0 Å². The molecule has 2 heterocycles. The van der Waals surface area contributed by atoms with E-state index in [4.69, 9.17) is 27.9 Å². The number of hydrogen-bond donors (Lipinski definition) is 0. The Kier molecular flexibility index (Phi) is 6.43. The predicted octanol–water partition coefficient (Wildman–Crippen LogP) is 3.39. The normalized spacial score (nSPS) is 18.6. The fraction of sp³-hybridized carbons (Fsp3) is 0.412. The minimum atomic E-state index is -3.11. The van der Waals surface area contributed by atoms with E-state index in [1.807, 2.05) is 0 Å². The molecule has 146 valence electrons. The van der Waals surface area contributed by atoms with Gasteiger partial charge in [0.25, 0.3) is 5.91 Å². The van der Waals surface area contributed by atoms with Gasteiger partial charge in [-0.1, -0.05) is 29.3 Å². The van der Waals surface area contributed by atoms with Crippen molar-refractivity contribution in [2.75, 3.05) is 31.8 Å². The van der Waals surface area contributed by atoms with Crippen molar-refractivity contribution in [1.29, 1.82) is 0 Å². The van der Waals surface area contributed by atoms with Crippen LogP contribution in [0, 0.1) is 0 Å². The van der Waals surface area contributed by atoms with Crippen molar-refractivity contribution >= 4 is 50.3 Å². The monoisotopic (exact) mass is 448 g/mol. The summed E-state index contributed by atoms with van der Waals surface area (Å²) in [5.41, 5.74) is 1.04. The molecule has 1 aliphatic heterocycles. The molecule has 3 rings (SSSR count). The van der Waals surface area contributed by atoms with Gasteiger partial charge in [0.1, 0.15) is 10.7 Å². The quantitative estimate of drug-likeness (QED) is 0.676. The van der Waals surface area contributed by atoms with Crippen LogP contribution in [0.5, 0.6) is 0 Å². The molecule has 0 radical (unpaired) electrons. The summed E-state index contributed by atoms with van der Waals surface area (Å²) in [7, 11) is -1.57. The van der Waals surface area contributed by atoms with E-state index in [1.165, 1.54) is 11.3 Å². The zero-order chi connectivity index (χ0) is 19.6. The Bertz CT molecular complexity index is 946. The van der Waals surface area contributed by atoms with Gasteiger partial charge in [-0.3, -0.25) is 4.79 Å².